The van der Waals surface area contributed by atoms with Crippen molar-refractivity contribution in [2.45, 2.75) is 43.7 Å². The van der Waals surface area contributed by atoms with Crippen LogP contribution in [0.15, 0.2) is 24.3 Å². The highest BCUT2D eigenvalue weighted by Gasteiger charge is 2.44. The maximum atomic E-state index is 6.73. The minimum absolute atomic E-state index is 0.201. The Labute approximate surface area is 141 Å². The van der Waals surface area contributed by atoms with Crippen LogP contribution in [0.5, 0.6) is 0 Å². The van der Waals surface area contributed by atoms with Crippen LogP contribution in [-0.4, -0.2) is 42.8 Å². The zero-order valence-electron chi connectivity index (χ0n) is 12.6. The van der Waals surface area contributed by atoms with Crippen molar-refractivity contribution in [2.24, 2.45) is 5.73 Å². The van der Waals surface area contributed by atoms with Crippen LogP contribution in [-0.2, 0) is 11.2 Å². The Bertz CT molecular complexity index is 450. The highest BCUT2D eigenvalue weighted by Crippen LogP contribution is 2.38. The normalized spacial score (nSPS) is 24.1. The van der Waals surface area contributed by atoms with Gasteiger partial charge in [-0.05, 0) is 59.5 Å². The van der Waals surface area contributed by atoms with Crippen LogP contribution < -0.4 is 5.73 Å². The smallest absolute Gasteiger partial charge is 0.0594 e. The SMILES string of the molecule is NC(Cc1ccc(I)cc1)C1(N2CCOCC2)CCCC1. The third-order valence-corrected chi connectivity index (χ3v) is 5.89. The minimum atomic E-state index is 0.201. The van der Waals surface area contributed by atoms with E-state index in [4.69, 9.17) is 10.5 Å². The monoisotopic (exact) mass is 400 g/mol. The number of hydrogen-bond acceptors (Lipinski definition) is 3. The van der Waals surface area contributed by atoms with Gasteiger partial charge in [0.15, 0.2) is 0 Å². The molecular weight excluding hydrogens is 375 g/mol. The summed E-state index contributed by atoms with van der Waals surface area (Å²) in [6.45, 7) is 3.80. The second-order valence-electron chi connectivity index (χ2n) is 6.35. The first-order valence-corrected chi connectivity index (χ1v) is 9.11. The third kappa shape index (κ3) is 3.44. The van der Waals surface area contributed by atoms with E-state index in [1.54, 1.807) is 0 Å². The molecule has 1 aliphatic heterocycles. The molecule has 0 radical (unpaired) electrons. The van der Waals surface area contributed by atoms with Crippen molar-refractivity contribution in [3.8, 4) is 0 Å². The van der Waals surface area contributed by atoms with Gasteiger partial charge in [-0.1, -0.05) is 25.0 Å². The van der Waals surface area contributed by atoms with Crippen molar-refractivity contribution < 1.29 is 4.74 Å². The van der Waals surface area contributed by atoms with E-state index in [-0.39, 0.29) is 11.6 Å². The summed E-state index contributed by atoms with van der Waals surface area (Å²) < 4.78 is 6.82. The van der Waals surface area contributed by atoms with Gasteiger partial charge >= 0.3 is 0 Å². The Morgan fingerprint density at radius 3 is 2.38 bits per heavy atom. The Hall–Kier alpha value is -0.170. The number of ether oxygens (including phenoxy) is 1. The molecule has 1 aromatic rings. The van der Waals surface area contributed by atoms with Crippen LogP contribution in [0, 0.1) is 3.57 Å². The molecule has 116 valence electrons. The Kier molecular flexibility index (Phi) is 5.19. The largest absolute Gasteiger partial charge is 0.379 e. The second kappa shape index (κ2) is 6.94. The number of nitrogens with two attached hydrogens (primary N) is 1. The number of hydrogen-bond donors (Lipinski definition) is 1. The van der Waals surface area contributed by atoms with Crippen LogP contribution >= 0.6 is 22.6 Å². The Balaban J connectivity index is 1.74. The van der Waals surface area contributed by atoms with Crippen molar-refractivity contribution in [3.05, 3.63) is 33.4 Å². The fourth-order valence-electron chi connectivity index (χ4n) is 3.98. The van der Waals surface area contributed by atoms with Gasteiger partial charge in [-0.2, -0.15) is 0 Å². The first kappa shape index (κ1) is 15.7. The number of nitrogens with zero attached hydrogens (tertiary/aromatic N) is 1. The van der Waals surface area contributed by atoms with Gasteiger partial charge in [-0.25, -0.2) is 0 Å². The molecule has 1 heterocycles. The maximum absolute atomic E-state index is 6.73. The van der Waals surface area contributed by atoms with E-state index in [9.17, 15) is 0 Å². The molecule has 2 fully saturated rings. The van der Waals surface area contributed by atoms with Gasteiger partial charge in [0.25, 0.3) is 0 Å². The average Bonchev–Trinajstić information content (AvgIpc) is 3.01. The minimum Gasteiger partial charge on any atom is -0.379 e. The molecule has 1 aromatic carbocycles. The summed E-state index contributed by atoms with van der Waals surface area (Å²) in [6.07, 6.45) is 6.11. The molecule has 2 aliphatic rings. The van der Waals surface area contributed by atoms with Crippen LogP contribution in [0.1, 0.15) is 31.2 Å². The molecule has 1 saturated carbocycles. The zero-order valence-corrected chi connectivity index (χ0v) is 14.7. The summed E-state index contributed by atoms with van der Waals surface area (Å²) in [7, 11) is 0. The molecule has 3 rings (SSSR count). The van der Waals surface area contributed by atoms with Gasteiger partial charge in [-0.3, -0.25) is 4.90 Å². The average molecular weight is 400 g/mol. The molecule has 21 heavy (non-hydrogen) atoms. The van der Waals surface area contributed by atoms with E-state index in [0.29, 0.717) is 0 Å². The molecule has 1 atom stereocenters. The molecule has 0 amide bonds. The fourth-order valence-corrected chi connectivity index (χ4v) is 4.34. The summed E-state index contributed by atoms with van der Waals surface area (Å²) >= 11 is 2.35. The van der Waals surface area contributed by atoms with Crippen LogP contribution in [0.4, 0.5) is 0 Å². The zero-order chi connectivity index (χ0) is 14.7. The van der Waals surface area contributed by atoms with Crippen molar-refractivity contribution in [1.29, 1.82) is 0 Å². The number of halogens is 1. The van der Waals surface area contributed by atoms with E-state index in [1.165, 1.54) is 34.8 Å². The summed E-state index contributed by atoms with van der Waals surface area (Å²) in [5.74, 6) is 0. The lowest BCUT2D eigenvalue weighted by Crippen LogP contribution is -2.61. The van der Waals surface area contributed by atoms with Gasteiger partial charge in [-0.15, -0.1) is 0 Å². The highest BCUT2D eigenvalue weighted by molar-refractivity contribution is 14.1. The molecule has 0 bridgehead atoms. The molecule has 1 saturated heterocycles. The highest BCUT2D eigenvalue weighted by atomic mass is 127. The topological polar surface area (TPSA) is 38.5 Å². The molecule has 0 aromatic heterocycles. The Morgan fingerprint density at radius 2 is 1.76 bits per heavy atom. The predicted octanol–water partition coefficient (Wildman–Crippen LogP) is 2.81. The van der Waals surface area contributed by atoms with E-state index in [2.05, 4.69) is 51.8 Å². The fraction of sp³-hybridized carbons (Fsp3) is 0.647. The summed E-state index contributed by atoms with van der Waals surface area (Å²) in [4.78, 5) is 2.63. The van der Waals surface area contributed by atoms with Crippen molar-refractivity contribution in [3.63, 3.8) is 0 Å². The van der Waals surface area contributed by atoms with Crippen LogP contribution in [0.2, 0.25) is 0 Å². The van der Waals surface area contributed by atoms with E-state index < -0.39 is 0 Å². The maximum Gasteiger partial charge on any atom is 0.0594 e. The first-order chi connectivity index (χ1) is 10.2. The number of rotatable bonds is 4. The lowest BCUT2D eigenvalue weighted by Gasteiger charge is -2.47. The molecule has 3 nitrogen and oxygen atoms in total. The Morgan fingerprint density at radius 1 is 1.14 bits per heavy atom. The molecule has 4 heteroatoms. The lowest BCUT2D eigenvalue weighted by atomic mass is 9.82. The molecule has 1 aliphatic carbocycles. The van der Waals surface area contributed by atoms with Crippen LogP contribution in [0.3, 0.4) is 0 Å². The van der Waals surface area contributed by atoms with E-state index in [0.717, 1.165) is 32.7 Å². The van der Waals surface area contributed by atoms with E-state index in [1.807, 2.05) is 0 Å². The molecular formula is C17H25IN2O. The van der Waals surface area contributed by atoms with Crippen molar-refractivity contribution in [1.82, 2.24) is 4.90 Å². The van der Waals surface area contributed by atoms with Gasteiger partial charge in [0, 0.05) is 28.2 Å². The van der Waals surface area contributed by atoms with Gasteiger partial charge in [0.2, 0.25) is 0 Å². The van der Waals surface area contributed by atoms with E-state index >= 15 is 0 Å². The first-order valence-electron chi connectivity index (χ1n) is 8.03. The summed E-state index contributed by atoms with van der Waals surface area (Å²) in [5, 5.41) is 0. The molecule has 1 unspecified atom stereocenters. The summed E-state index contributed by atoms with van der Waals surface area (Å²) in [6, 6.07) is 9.03. The summed E-state index contributed by atoms with van der Waals surface area (Å²) in [5.41, 5.74) is 8.30. The second-order valence-corrected chi connectivity index (χ2v) is 7.59. The third-order valence-electron chi connectivity index (χ3n) is 5.17. The molecule has 2 N–H and O–H groups in total. The van der Waals surface area contributed by atoms with Gasteiger partial charge in [0.1, 0.15) is 0 Å². The van der Waals surface area contributed by atoms with Gasteiger partial charge in [0.05, 0.1) is 13.2 Å². The lowest BCUT2D eigenvalue weighted by molar-refractivity contribution is -0.0305. The predicted molar refractivity (Wildman–Crippen MR) is 94.4 cm³/mol. The quantitative estimate of drug-likeness (QED) is 0.791. The van der Waals surface area contributed by atoms with Gasteiger partial charge < -0.3 is 10.5 Å². The van der Waals surface area contributed by atoms with Crippen molar-refractivity contribution in [2.75, 3.05) is 26.3 Å². The van der Waals surface area contributed by atoms with Crippen molar-refractivity contribution >= 4 is 22.6 Å². The number of benzene rings is 1. The molecule has 0 spiro atoms. The number of morpholine rings is 1. The van der Waals surface area contributed by atoms with Crippen LogP contribution in [0.25, 0.3) is 0 Å². The standard InChI is InChI=1S/C17H25IN2O/c18-15-5-3-14(4-6-15)13-16(19)17(7-1-2-8-17)20-9-11-21-12-10-20/h3-6,16H,1-2,7-13,19H2.